The first kappa shape index (κ1) is 36.5. The number of aliphatic carboxylic acids is 1. The van der Waals surface area contributed by atoms with Gasteiger partial charge in [0.1, 0.15) is 17.7 Å². The number of nitrogens with zero attached hydrogens (tertiary/aromatic N) is 2. The minimum atomic E-state index is -1.47. The number of likely N-dealkylation sites (tertiary alicyclic amines) is 2. The molecule has 1 saturated carbocycles. The molecule has 2 N–H and O–H groups in total. The molecule has 12 heteroatoms. The molecule has 0 bridgehead atoms. The van der Waals surface area contributed by atoms with Gasteiger partial charge in [0.05, 0.1) is 28.3 Å². The van der Waals surface area contributed by atoms with Crippen LogP contribution in [0.1, 0.15) is 67.3 Å². The molecule has 3 aliphatic rings. The van der Waals surface area contributed by atoms with Gasteiger partial charge in [-0.1, -0.05) is 48.0 Å². The van der Waals surface area contributed by atoms with Gasteiger partial charge in [-0.05, 0) is 87.3 Å². The van der Waals surface area contributed by atoms with Crippen LogP contribution in [0.4, 0.5) is 10.1 Å². The first-order chi connectivity index (χ1) is 25.2. The first-order valence-corrected chi connectivity index (χ1v) is 19.4. The zero-order chi connectivity index (χ0) is 36.2. The van der Waals surface area contributed by atoms with Crippen molar-refractivity contribution < 1.29 is 33.4 Å². The number of hydrogen-bond donors (Lipinski definition) is 2. The molecule has 4 aromatic rings. The maximum absolute atomic E-state index is 16.0. The predicted molar refractivity (Wildman–Crippen MR) is 200 cm³/mol. The summed E-state index contributed by atoms with van der Waals surface area (Å²) in [6.07, 6.45) is 4.43. The largest absolute Gasteiger partial charge is 0.490 e. The molecule has 3 fully saturated rings. The van der Waals surface area contributed by atoms with Gasteiger partial charge in [-0.15, -0.1) is 11.3 Å². The molecule has 1 aromatic heterocycles. The average molecular weight is 748 g/mol. The van der Waals surface area contributed by atoms with Gasteiger partial charge in [-0.25, -0.2) is 4.39 Å². The molecule has 3 aromatic carbocycles. The van der Waals surface area contributed by atoms with Gasteiger partial charge in [0.25, 0.3) is 5.91 Å². The third-order valence-electron chi connectivity index (χ3n) is 10.6. The van der Waals surface area contributed by atoms with Gasteiger partial charge in [0, 0.05) is 48.1 Å². The van der Waals surface area contributed by atoms with Crippen LogP contribution >= 0.6 is 22.9 Å². The van der Waals surface area contributed by atoms with Crippen molar-refractivity contribution in [2.24, 2.45) is 5.92 Å². The lowest BCUT2D eigenvalue weighted by Crippen LogP contribution is -2.69. The van der Waals surface area contributed by atoms with E-state index in [0.717, 1.165) is 28.7 Å². The van der Waals surface area contributed by atoms with Crippen molar-refractivity contribution in [2.75, 3.05) is 31.5 Å². The Morgan fingerprint density at radius 3 is 2.27 bits per heavy atom. The minimum absolute atomic E-state index is 0.0397. The van der Waals surface area contributed by atoms with E-state index in [1.807, 2.05) is 54.6 Å². The van der Waals surface area contributed by atoms with Gasteiger partial charge in [-0.3, -0.25) is 24.2 Å². The van der Waals surface area contributed by atoms with Gasteiger partial charge < -0.3 is 19.9 Å². The van der Waals surface area contributed by atoms with Crippen LogP contribution < -0.4 is 10.1 Å². The third-order valence-corrected chi connectivity index (χ3v) is 11.9. The number of carboxylic acid groups (broad SMARTS) is 1. The number of fused-ring (bicyclic) bond motifs is 1. The lowest BCUT2D eigenvalue weighted by Gasteiger charge is -2.51. The van der Waals surface area contributed by atoms with E-state index >= 15 is 4.39 Å². The van der Waals surface area contributed by atoms with E-state index < -0.39 is 29.5 Å². The Balaban J connectivity index is 1.14. The number of benzene rings is 3. The second-order valence-electron chi connectivity index (χ2n) is 14.0. The molecule has 2 aliphatic heterocycles. The van der Waals surface area contributed by atoms with E-state index in [1.165, 1.54) is 23.5 Å². The highest BCUT2D eigenvalue weighted by Gasteiger charge is 2.53. The molecule has 274 valence electrons. The quantitative estimate of drug-likeness (QED) is 0.150. The Labute approximate surface area is 311 Å². The standard InChI is InChI=1S/C40H43ClFN3O6S/c41-33-22-27(34(42)24-35(33)43-38(47)32-25-52-36-11-5-4-10-31(32)36)23-37(46)40(44-18-6-7-19-44,51-30-14-12-26(13-15-30)39(48)49)45-20-16-29(17-21-45)50-28-8-2-1-3-9-28/h1-5,8-11,22,24-26,29-30H,6-7,12-21,23H2,(H,43,47)(H,48,49)/t26-,30-,40?. The van der Waals surface area contributed by atoms with Crippen LogP contribution in [0.2, 0.25) is 5.02 Å². The van der Waals surface area contributed by atoms with Gasteiger partial charge >= 0.3 is 5.97 Å². The Bertz CT molecular complexity index is 1900. The lowest BCUT2D eigenvalue weighted by molar-refractivity contribution is -0.260. The fourth-order valence-electron chi connectivity index (χ4n) is 7.87. The number of carbonyl (C=O) groups is 3. The fourth-order valence-corrected chi connectivity index (χ4v) is 9.04. The average Bonchev–Trinajstić information content (AvgIpc) is 3.85. The summed E-state index contributed by atoms with van der Waals surface area (Å²) in [6.45, 7) is 2.33. The molecule has 0 spiro atoms. The second-order valence-corrected chi connectivity index (χ2v) is 15.3. The Hall–Kier alpha value is -3.87. The van der Waals surface area contributed by atoms with Crippen LogP contribution in [0.15, 0.2) is 72.1 Å². The van der Waals surface area contributed by atoms with Crippen molar-refractivity contribution in [1.82, 2.24) is 9.80 Å². The van der Waals surface area contributed by atoms with Crippen LogP contribution in [0.3, 0.4) is 0 Å². The summed E-state index contributed by atoms with van der Waals surface area (Å²) < 4.78 is 30.2. The number of ketones is 1. The van der Waals surface area contributed by atoms with E-state index in [-0.39, 0.29) is 40.7 Å². The molecule has 3 heterocycles. The number of piperidine rings is 1. The number of para-hydroxylation sites is 1. The van der Waals surface area contributed by atoms with Gasteiger partial charge in [0.15, 0.2) is 5.78 Å². The molecule has 2 saturated heterocycles. The van der Waals surface area contributed by atoms with E-state index in [2.05, 4.69) is 15.1 Å². The van der Waals surface area contributed by atoms with Crippen LogP contribution in [-0.2, 0) is 20.7 Å². The van der Waals surface area contributed by atoms with Crippen molar-refractivity contribution in [3.8, 4) is 5.75 Å². The summed E-state index contributed by atoms with van der Waals surface area (Å²) in [5.74, 6) is -3.27. The van der Waals surface area contributed by atoms with Crippen molar-refractivity contribution in [2.45, 2.75) is 75.8 Å². The number of rotatable bonds is 12. The number of halogens is 2. The minimum Gasteiger partial charge on any atom is -0.490 e. The Kier molecular flexibility index (Phi) is 11.2. The molecule has 9 nitrogen and oxygen atoms in total. The number of amides is 1. The zero-order valence-corrected chi connectivity index (χ0v) is 30.5. The summed E-state index contributed by atoms with van der Waals surface area (Å²) >= 11 is 8.12. The van der Waals surface area contributed by atoms with Crippen LogP contribution in [0, 0.1) is 11.7 Å². The molecular formula is C40H43ClFN3O6S. The number of anilines is 1. The summed E-state index contributed by atoms with van der Waals surface area (Å²) in [4.78, 5) is 44.1. The monoisotopic (exact) mass is 747 g/mol. The molecule has 1 unspecified atom stereocenters. The summed E-state index contributed by atoms with van der Waals surface area (Å²) in [7, 11) is 0. The number of thiophene rings is 1. The smallest absolute Gasteiger partial charge is 0.306 e. The van der Waals surface area contributed by atoms with Crippen LogP contribution in [0.5, 0.6) is 5.75 Å². The number of nitrogens with one attached hydrogen (secondary N) is 1. The van der Waals surface area contributed by atoms with E-state index in [9.17, 15) is 19.5 Å². The maximum atomic E-state index is 16.0. The summed E-state index contributed by atoms with van der Waals surface area (Å²) in [5, 5.41) is 15.1. The number of carbonyl (C=O) groups excluding carboxylic acids is 2. The molecule has 7 rings (SSSR count). The highest BCUT2D eigenvalue weighted by atomic mass is 35.5. The molecule has 1 atom stereocenters. The van der Waals surface area contributed by atoms with E-state index in [0.29, 0.717) is 70.3 Å². The van der Waals surface area contributed by atoms with Crippen molar-refractivity contribution in [3.05, 3.63) is 94.1 Å². The Morgan fingerprint density at radius 2 is 1.56 bits per heavy atom. The Morgan fingerprint density at radius 1 is 0.885 bits per heavy atom. The molecule has 0 radical (unpaired) electrons. The highest BCUT2D eigenvalue weighted by Crippen LogP contribution is 2.38. The number of ether oxygens (including phenoxy) is 2. The van der Waals surface area contributed by atoms with Crippen molar-refractivity contribution in [3.63, 3.8) is 0 Å². The van der Waals surface area contributed by atoms with Crippen LogP contribution in [0.25, 0.3) is 10.1 Å². The number of Topliss-reactive ketones (excluding diaryl/α,β-unsaturated/α-hetero) is 1. The number of hydrogen-bond acceptors (Lipinski definition) is 8. The second kappa shape index (κ2) is 16.0. The predicted octanol–water partition coefficient (Wildman–Crippen LogP) is 8.01. The number of carboxylic acids is 1. The third kappa shape index (κ3) is 7.75. The van der Waals surface area contributed by atoms with Crippen LogP contribution in [-0.4, -0.2) is 76.8 Å². The molecular weight excluding hydrogens is 705 g/mol. The lowest BCUT2D eigenvalue weighted by atomic mass is 9.87. The highest BCUT2D eigenvalue weighted by molar-refractivity contribution is 7.17. The molecule has 52 heavy (non-hydrogen) atoms. The SMILES string of the molecule is O=C(Nc1cc(F)c(CC(=O)C(O[C@H]2CC[C@H](C(=O)O)CC2)(N2CCCC2)N2CCC(Oc3ccccc3)CC2)cc1Cl)c1csc2ccccc12. The van der Waals surface area contributed by atoms with Crippen molar-refractivity contribution in [1.29, 1.82) is 0 Å². The van der Waals surface area contributed by atoms with E-state index in [1.54, 1.807) is 5.38 Å². The van der Waals surface area contributed by atoms with E-state index in [4.69, 9.17) is 21.1 Å². The zero-order valence-electron chi connectivity index (χ0n) is 28.9. The molecule has 1 aliphatic carbocycles. The maximum Gasteiger partial charge on any atom is 0.306 e. The van der Waals surface area contributed by atoms with Gasteiger partial charge in [0.2, 0.25) is 5.85 Å². The summed E-state index contributed by atoms with van der Waals surface area (Å²) in [5.41, 5.74) is 0.700. The molecule has 1 amide bonds. The van der Waals surface area contributed by atoms with Gasteiger partial charge in [-0.2, -0.15) is 0 Å². The summed E-state index contributed by atoms with van der Waals surface area (Å²) in [6, 6.07) is 19.8. The topological polar surface area (TPSA) is 108 Å². The first-order valence-electron chi connectivity index (χ1n) is 18.1. The normalized spacial score (nSPS) is 21.5. The van der Waals surface area contributed by atoms with Crippen molar-refractivity contribution >= 4 is 56.4 Å². The fraction of sp³-hybridized carbons (Fsp3) is 0.425.